The molecule has 0 bridgehead atoms. The number of fused-ring (bicyclic) bond motifs is 4. The summed E-state index contributed by atoms with van der Waals surface area (Å²) in [6.45, 7) is 4.59. The lowest BCUT2D eigenvalue weighted by molar-refractivity contribution is -0.139. The smallest absolute Gasteiger partial charge is 0.409 e. The first-order chi connectivity index (χ1) is 31.9. The van der Waals surface area contributed by atoms with Crippen molar-refractivity contribution in [2.45, 2.75) is 32.1 Å². The van der Waals surface area contributed by atoms with E-state index in [0.717, 1.165) is 62.9 Å². The second-order valence-electron chi connectivity index (χ2n) is 16.3. The molecule has 17 nitrogen and oxygen atoms in total. The van der Waals surface area contributed by atoms with E-state index in [9.17, 15) is 33.6 Å². The lowest BCUT2D eigenvalue weighted by Crippen LogP contribution is -2.48. The SMILES string of the molecule is C/C(=N\NC(=O)CCONC(=O)CCN1C(=O)C=CC1=O)c1ccc(C(=O)Cc2ccc3[nH]c(C(=O)N4C[C@@H](CBr)c5c4cc(OC(=O)N4CCN(C)CC4)c4ccccc54)cc3c2)cc1. The third-order valence-corrected chi connectivity index (χ3v) is 12.6. The standard InChI is InChI=1S/C48H47BrN8O9/c1-29(51-52-42(59)16-22-65-53-43(60)15-17-56-44(61)13-14-45(56)62)31-8-10-32(11-9-31)40(58)24-30-7-12-37-33(23-30)25-38(50-37)47(63)57-28-34(27-49)46-36-6-4-3-5-35(36)41(26-39(46)57)66-48(64)55-20-18-54(2)19-21-55/h3-14,23,25-26,34,50H,15-22,24,27-28H2,1-2H3,(H,52,59)(H,53,60)/b51-29+/t34-/m1/s1. The fraction of sp³-hybridized carbons (Fsp3) is 0.292. The van der Waals surface area contributed by atoms with E-state index in [-0.39, 0.29) is 50.0 Å². The van der Waals surface area contributed by atoms with Gasteiger partial charge in [0.1, 0.15) is 11.4 Å². The molecule has 0 radical (unpaired) electrons. The third kappa shape index (κ3) is 10.1. The van der Waals surface area contributed by atoms with Crippen LogP contribution in [-0.2, 0) is 30.4 Å². The van der Waals surface area contributed by atoms with Crippen LogP contribution < -0.4 is 20.5 Å². The van der Waals surface area contributed by atoms with Gasteiger partial charge in [0.25, 0.3) is 17.7 Å². The number of aromatic nitrogens is 1. The number of Topliss-reactive ketones (excluding diaryl/α,β-unsaturated/α-hetero) is 1. The van der Waals surface area contributed by atoms with Gasteiger partial charge in [-0.1, -0.05) is 70.5 Å². The Hall–Kier alpha value is -7.02. The molecular weight excluding hydrogens is 912 g/mol. The zero-order valence-corrected chi connectivity index (χ0v) is 37.9. The summed E-state index contributed by atoms with van der Waals surface area (Å²) >= 11 is 3.68. The molecule has 66 heavy (non-hydrogen) atoms. The zero-order chi connectivity index (χ0) is 46.5. The van der Waals surface area contributed by atoms with E-state index in [1.54, 1.807) is 47.1 Å². The maximum Gasteiger partial charge on any atom is 0.415 e. The summed E-state index contributed by atoms with van der Waals surface area (Å²) in [4.78, 5) is 103. The number of nitrogens with zero attached hydrogens (tertiary/aromatic N) is 5. The van der Waals surface area contributed by atoms with E-state index in [1.165, 1.54) is 0 Å². The summed E-state index contributed by atoms with van der Waals surface area (Å²) in [5.41, 5.74) is 9.92. The number of hydrogen-bond acceptors (Lipinski definition) is 11. The van der Waals surface area contributed by atoms with E-state index in [1.807, 2.05) is 55.6 Å². The van der Waals surface area contributed by atoms with Gasteiger partial charge in [0.15, 0.2) is 5.78 Å². The van der Waals surface area contributed by atoms with Crippen LogP contribution in [0.25, 0.3) is 21.7 Å². The van der Waals surface area contributed by atoms with Crippen molar-refractivity contribution < 1.29 is 43.1 Å². The van der Waals surface area contributed by atoms with Crippen LogP contribution in [0, 0.1) is 0 Å². The molecule has 1 fully saturated rings. The van der Waals surface area contributed by atoms with Gasteiger partial charge in [-0.15, -0.1) is 0 Å². The number of anilines is 1. The number of amides is 6. The number of ketones is 1. The number of benzene rings is 4. The number of carbonyl (C=O) groups excluding carboxylic acids is 7. The summed E-state index contributed by atoms with van der Waals surface area (Å²) in [5.74, 6) is -1.90. The zero-order valence-electron chi connectivity index (χ0n) is 36.3. The number of hydroxylamine groups is 1. The van der Waals surface area contributed by atoms with Gasteiger partial charge in [-0.3, -0.25) is 38.5 Å². The summed E-state index contributed by atoms with van der Waals surface area (Å²) in [7, 11) is 2.03. The first-order valence-electron chi connectivity index (χ1n) is 21.5. The maximum atomic E-state index is 14.4. The van der Waals surface area contributed by atoms with Crippen molar-refractivity contribution in [2.24, 2.45) is 5.10 Å². The molecule has 5 aromatic rings. The number of halogens is 1. The van der Waals surface area contributed by atoms with Crippen molar-refractivity contribution in [3.63, 3.8) is 0 Å². The number of hydrazone groups is 1. The highest BCUT2D eigenvalue weighted by Gasteiger charge is 2.36. The summed E-state index contributed by atoms with van der Waals surface area (Å²) < 4.78 is 6.06. The molecule has 0 saturated carbocycles. The lowest BCUT2D eigenvalue weighted by atomic mass is 9.95. The number of piperazine rings is 1. The summed E-state index contributed by atoms with van der Waals surface area (Å²) in [6.07, 6.45) is 1.72. The molecule has 0 spiro atoms. The van der Waals surface area contributed by atoms with E-state index >= 15 is 0 Å². The molecule has 3 N–H and O–H groups in total. The van der Waals surface area contributed by atoms with Gasteiger partial charge in [-0.25, -0.2) is 15.7 Å². The number of likely N-dealkylation sites (N-methyl/N-ethyl adjacent to an activating group) is 1. The van der Waals surface area contributed by atoms with Crippen LogP contribution in [0.3, 0.4) is 0 Å². The van der Waals surface area contributed by atoms with Crippen molar-refractivity contribution in [2.75, 3.05) is 63.2 Å². The van der Waals surface area contributed by atoms with Crippen molar-refractivity contribution >= 4 is 90.4 Å². The average Bonchev–Trinajstić information content (AvgIpc) is 4.02. The molecule has 18 heteroatoms. The van der Waals surface area contributed by atoms with Crippen molar-refractivity contribution in [3.05, 3.63) is 119 Å². The number of aromatic amines is 1. The molecule has 340 valence electrons. The van der Waals surface area contributed by atoms with E-state index in [0.29, 0.717) is 58.9 Å². The van der Waals surface area contributed by atoms with Crippen LogP contribution in [0.1, 0.15) is 63.2 Å². The average molecular weight is 960 g/mol. The number of H-pyrrole nitrogens is 1. The van der Waals surface area contributed by atoms with E-state index in [4.69, 9.17) is 9.57 Å². The quantitative estimate of drug-likeness (QED) is 0.0312. The number of ether oxygens (including phenoxy) is 1. The minimum atomic E-state index is -0.551. The minimum absolute atomic E-state index is 0.00489. The highest BCUT2D eigenvalue weighted by molar-refractivity contribution is 9.09. The molecule has 0 unspecified atom stereocenters. The number of alkyl halides is 1. The number of rotatable bonds is 15. The molecule has 1 saturated heterocycles. The minimum Gasteiger partial charge on any atom is -0.409 e. The van der Waals surface area contributed by atoms with Crippen LogP contribution in [0.2, 0.25) is 0 Å². The van der Waals surface area contributed by atoms with Crippen molar-refractivity contribution in [1.29, 1.82) is 0 Å². The fourth-order valence-corrected chi connectivity index (χ4v) is 8.69. The van der Waals surface area contributed by atoms with Crippen molar-refractivity contribution in [3.8, 4) is 5.75 Å². The van der Waals surface area contributed by atoms with Crippen LogP contribution in [0.5, 0.6) is 5.75 Å². The molecule has 8 rings (SSSR count). The molecule has 6 amide bonds. The van der Waals surface area contributed by atoms with E-state index < -0.39 is 29.7 Å². The Balaban J connectivity index is 0.863. The van der Waals surface area contributed by atoms with Gasteiger partial charge in [0, 0.05) is 103 Å². The Morgan fingerprint density at radius 3 is 2.29 bits per heavy atom. The topological polar surface area (TPSA) is 203 Å². The number of nitrogens with one attached hydrogen (secondary N) is 3. The third-order valence-electron chi connectivity index (χ3n) is 11.9. The second kappa shape index (κ2) is 20.0. The lowest BCUT2D eigenvalue weighted by Gasteiger charge is -2.31. The number of imide groups is 1. The monoisotopic (exact) mass is 958 g/mol. The first-order valence-corrected chi connectivity index (χ1v) is 22.6. The molecular formula is C48H47BrN8O9. The highest BCUT2D eigenvalue weighted by atomic mass is 79.9. The Morgan fingerprint density at radius 2 is 1.56 bits per heavy atom. The molecule has 1 atom stereocenters. The Morgan fingerprint density at radius 1 is 0.848 bits per heavy atom. The highest BCUT2D eigenvalue weighted by Crippen LogP contribution is 2.46. The van der Waals surface area contributed by atoms with Gasteiger partial charge >= 0.3 is 6.09 Å². The van der Waals surface area contributed by atoms with Crippen LogP contribution in [0.4, 0.5) is 10.5 Å². The first kappa shape index (κ1) is 45.5. The largest absolute Gasteiger partial charge is 0.415 e. The van der Waals surface area contributed by atoms with Crippen LogP contribution in [0.15, 0.2) is 96.1 Å². The fourth-order valence-electron chi connectivity index (χ4n) is 8.16. The molecule has 4 aromatic carbocycles. The Bertz CT molecular complexity index is 2800. The van der Waals surface area contributed by atoms with Crippen LogP contribution in [-0.4, -0.2) is 125 Å². The van der Waals surface area contributed by atoms with Crippen molar-refractivity contribution in [1.82, 2.24) is 30.6 Å². The van der Waals surface area contributed by atoms with Gasteiger partial charge in [-0.05, 0) is 54.2 Å². The Labute approximate surface area is 387 Å². The number of carbonyl (C=O) groups is 7. The van der Waals surface area contributed by atoms with Gasteiger partial charge in [-0.2, -0.15) is 5.10 Å². The predicted octanol–water partition coefficient (Wildman–Crippen LogP) is 5.22. The Kier molecular flexibility index (Phi) is 13.8. The van der Waals surface area contributed by atoms with Gasteiger partial charge in [0.2, 0.25) is 11.8 Å². The van der Waals surface area contributed by atoms with E-state index in [2.05, 4.69) is 41.8 Å². The normalized spacial score (nSPS) is 16.3. The summed E-state index contributed by atoms with van der Waals surface area (Å²) in [5, 5.41) is 7.28. The second-order valence-corrected chi connectivity index (χ2v) is 17.0. The molecule has 3 aliphatic heterocycles. The molecule has 3 aliphatic rings. The maximum absolute atomic E-state index is 14.4. The number of hydrogen-bond donors (Lipinski definition) is 3. The summed E-state index contributed by atoms with van der Waals surface area (Å²) in [6, 6.07) is 23.9. The van der Waals surface area contributed by atoms with Gasteiger partial charge in [0.05, 0.1) is 24.4 Å². The molecule has 0 aliphatic carbocycles. The molecule has 4 heterocycles. The predicted molar refractivity (Wildman–Crippen MR) is 250 cm³/mol. The van der Waals surface area contributed by atoms with Gasteiger partial charge < -0.3 is 24.4 Å². The van der Waals surface area contributed by atoms with Crippen LogP contribution >= 0.6 is 15.9 Å². The molecule has 1 aromatic heterocycles.